The summed E-state index contributed by atoms with van der Waals surface area (Å²) in [4.78, 5) is 3.85. The van der Waals surface area contributed by atoms with Crippen LogP contribution in [-0.2, 0) is 6.18 Å². The van der Waals surface area contributed by atoms with Crippen LogP contribution in [0.15, 0.2) is 42.6 Å². The maximum Gasteiger partial charge on any atom is 0.416 e. The number of nitrogens with zero attached hydrogens (tertiary/aromatic N) is 1. The number of rotatable bonds is 2. The third kappa shape index (κ3) is 2.85. The van der Waals surface area contributed by atoms with E-state index in [0.717, 1.165) is 12.1 Å². The minimum atomic E-state index is -4.58. The van der Waals surface area contributed by atoms with E-state index in [1.165, 1.54) is 18.3 Å². The number of benzene rings is 1. The first-order valence-corrected chi connectivity index (χ1v) is 5.45. The van der Waals surface area contributed by atoms with E-state index >= 15 is 0 Å². The number of nitrogen functional groups attached to an aromatic ring is 1. The topological polar surface area (TPSA) is 59.1 Å². The summed E-state index contributed by atoms with van der Waals surface area (Å²) in [6, 6.07) is 7.96. The van der Waals surface area contributed by atoms with Gasteiger partial charge in [0.25, 0.3) is 0 Å². The predicted octanol–water partition coefficient (Wildman–Crippen LogP) is 2.76. The molecule has 1 unspecified atom stereocenters. The van der Waals surface area contributed by atoms with Crippen LogP contribution in [0.3, 0.4) is 0 Å². The van der Waals surface area contributed by atoms with Gasteiger partial charge < -0.3 is 10.8 Å². The number of hydrogen-bond acceptors (Lipinski definition) is 3. The lowest BCUT2D eigenvalue weighted by molar-refractivity contribution is -0.138. The smallest absolute Gasteiger partial charge is 0.399 e. The Morgan fingerprint density at radius 3 is 2.47 bits per heavy atom. The third-order valence-electron chi connectivity index (χ3n) is 2.65. The summed E-state index contributed by atoms with van der Waals surface area (Å²) < 4.78 is 38.8. The van der Waals surface area contributed by atoms with E-state index in [0.29, 0.717) is 0 Å². The van der Waals surface area contributed by atoms with Gasteiger partial charge in [-0.2, -0.15) is 13.2 Å². The molecule has 0 aliphatic carbocycles. The largest absolute Gasteiger partial charge is 0.416 e. The molecule has 3 nitrogen and oxygen atoms in total. The van der Waals surface area contributed by atoms with Crippen LogP contribution in [0.5, 0.6) is 0 Å². The second kappa shape index (κ2) is 4.89. The first-order chi connectivity index (χ1) is 8.89. The van der Waals surface area contributed by atoms with Gasteiger partial charge in [-0.1, -0.05) is 12.1 Å². The highest BCUT2D eigenvalue weighted by Gasteiger charge is 2.35. The van der Waals surface area contributed by atoms with Crippen molar-refractivity contribution in [1.82, 2.24) is 4.98 Å². The van der Waals surface area contributed by atoms with E-state index in [9.17, 15) is 18.3 Å². The fourth-order valence-corrected chi connectivity index (χ4v) is 1.75. The van der Waals surface area contributed by atoms with Crippen LogP contribution >= 0.6 is 0 Å². The van der Waals surface area contributed by atoms with E-state index in [1.807, 2.05) is 0 Å². The molecule has 0 radical (unpaired) electrons. The minimum absolute atomic E-state index is 0.00991. The van der Waals surface area contributed by atoms with Gasteiger partial charge in [-0.3, -0.25) is 4.98 Å². The zero-order chi connectivity index (χ0) is 14.0. The van der Waals surface area contributed by atoms with Crippen molar-refractivity contribution in [1.29, 1.82) is 0 Å². The first-order valence-electron chi connectivity index (χ1n) is 5.45. The van der Waals surface area contributed by atoms with E-state index in [4.69, 9.17) is 5.73 Å². The zero-order valence-electron chi connectivity index (χ0n) is 9.72. The highest BCUT2D eigenvalue weighted by atomic mass is 19.4. The molecule has 2 rings (SSSR count). The van der Waals surface area contributed by atoms with Crippen LogP contribution in [0.2, 0.25) is 0 Å². The van der Waals surface area contributed by atoms with Crippen molar-refractivity contribution in [2.75, 3.05) is 5.73 Å². The number of hydrogen-bond donors (Lipinski definition) is 2. The summed E-state index contributed by atoms with van der Waals surface area (Å²) >= 11 is 0. The van der Waals surface area contributed by atoms with E-state index in [1.54, 1.807) is 12.1 Å². The van der Waals surface area contributed by atoms with Gasteiger partial charge >= 0.3 is 6.18 Å². The lowest BCUT2D eigenvalue weighted by Crippen LogP contribution is -2.14. The van der Waals surface area contributed by atoms with Gasteiger partial charge in [0.2, 0.25) is 0 Å². The van der Waals surface area contributed by atoms with E-state index in [-0.39, 0.29) is 16.9 Å². The first kappa shape index (κ1) is 13.4. The molecule has 0 bridgehead atoms. The Morgan fingerprint density at radius 2 is 1.89 bits per heavy atom. The third-order valence-corrected chi connectivity index (χ3v) is 2.65. The van der Waals surface area contributed by atoms with Gasteiger partial charge in [-0.05, 0) is 29.8 Å². The second-order valence-electron chi connectivity index (χ2n) is 4.00. The summed E-state index contributed by atoms with van der Waals surface area (Å²) in [6.07, 6.45) is -4.62. The van der Waals surface area contributed by atoms with Crippen molar-refractivity contribution in [3.05, 3.63) is 59.4 Å². The highest BCUT2D eigenvalue weighted by molar-refractivity contribution is 5.48. The monoisotopic (exact) mass is 268 g/mol. The standard InChI is InChI=1S/C13H11F3N2O/c14-13(15,16)10-7-8(17)4-5-9(10)12(19)11-3-1-2-6-18-11/h1-7,12,19H,17H2. The van der Waals surface area contributed by atoms with Crippen molar-refractivity contribution >= 4 is 5.69 Å². The molecule has 1 atom stereocenters. The Hall–Kier alpha value is -2.08. The predicted molar refractivity (Wildman–Crippen MR) is 64.2 cm³/mol. The Labute approximate surface area is 107 Å². The molecule has 19 heavy (non-hydrogen) atoms. The Balaban J connectivity index is 2.51. The molecule has 0 fully saturated rings. The van der Waals surface area contributed by atoms with Crippen LogP contribution in [0.1, 0.15) is 22.9 Å². The SMILES string of the molecule is Nc1ccc(C(O)c2ccccn2)c(C(F)(F)F)c1. The maximum atomic E-state index is 12.9. The van der Waals surface area contributed by atoms with Crippen molar-refractivity contribution in [3.63, 3.8) is 0 Å². The fourth-order valence-electron chi connectivity index (χ4n) is 1.75. The average molecular weight is 268 g/mol. The molecule has 0 spiro atoms. The van der Waals surface area contributed by atoms with Crippen LogP contribution in [0.25, 0.3) is 0 Å². The molecule has 6 heteroatoms. The fraction of sp³-hybridized carbons (Fsp3) is 0.154. The number of pyridine rings is 1. The molecule has 1 heterocycles. The second-order valence-corrected chi connectivity index (χ2v) is 4.00. The number of aliphatic hydroxyl groups is 1. The van der Waals surface area contributed by atoms with Crippen LogP contribution < -0.4 is 5.73 Å². The summed E-state index contributed by atoms with van der Waals surface area (Å²) in [5.74, 6) is 0. The number of aliphatic hydroxyl groups excluding tert-OH is 1. The average Bonchev–Trinajstić information content (AvgIpc) is 2.38. The quantitative estimate of drug-likeness (QED) is 0.823. The molecule has 1 aromatic carbocycles. The van der Waals surface area contributed by atoms with Crippen molar-refractivity contribution < 1.29 is 18.3 Å². The van der Waals surface area contributed by atoms with Gasteiger partial charge in [0.1, 0.15) is 6.10 Å². The lowest BCUT2D eigenvalue weighted by Gasteiger charge is -2.17. The van der Waals surface area contributed by atoms with Crippen LogP contribution in [0.4, 0.5) is 18.9 Å². The molecule has 0 saturated heterocycles. The molecule has 0 saturated carbocycles. The lowest BCUT2D eigenvalue weighted by atomic mass is 9.98. The molecular formula is C13H11F3N2O. The molecule has 0 aliphatic rings. The van der Waals surface area contributed by atoms with Gasteiger partial charge in [0, 0.05) is 11.9 Å². The normalized spacial score (nSPS) is 13.3. The Kier molecular flexibility index (Phi) is 3.44. The van der Waals surface area contributed by atoms with Crippen LogP contribution in [0, 0.1) is 0 Å². The molecule has 2 aromatic rings. The number of aromatic nitrogens is 1. The molecule has 1 aromatic heterocycles. The maximum absolute atomic E-state index is 12.9. The van der Waals surface area contributed by atoms with E-state index in [2.05, 4.69) is 4.98 Å². The summed E-state index contributed by atoms with van der Waals surface area (Å²) in [5.41, 5.74) is 4.29. The van der Waals surface area contributed by atoms with Crippen molar-refractivity contribution in [2.24, 2.45) is 0 Å². The Morgan fingerprint density at radius 1 is 1.16 bits per heavy atom. The minimum Gasteiger partial charge on any atom is -0.399 e. The number of alkyl halides is 3. The zero-order valence-corrected chi connectivity index (χ0v) is 9.72. The van der Waals surface area contributed by atoms with Gasteiger partial charge in [-0.25, -0.2) is 0 Å². The molecular weight excluding hydrogens is 257 g/mol. The van der Waals surface area contributed by atoms with Gasteiger partial charge in [-0.15, -0.1) is 0 Å². The van der Waals surface area contributed by atoms with E-state index < -0.39 is 17.8 Å². The summed E-state index contributed by atoms with van der Waals surface area (Å²) in [6.45, 7) is 0. The number of anilines is 1. The van der Waals surface area contributed by atoms with Gasteiger partial charge in [0.05, 0.1) is 11.3 Å². The van der Waals surface area contributed by atoms with Crippen molar-refractivity contribution in [3.8, 4) is 0 Å². The van der Waals surface area contributed by atoms with Gasteiger partial charge in [0.15, 0.2) is 0 Å². The number of nitrogens with two attached hydrogens (primary N) is 1. The summed E-state index contributed by atoms with van der Waals surface area (Å²) in [7, 11) is 0. The molecule has 0 aliphatic heterocycles. The molecule has 3 N–H and O–H groups in total. The molecule has 100 valence electrons. The Bertz CT molecular complexity index is 570. The molecule has 0 amide bonds. The number of halogens is 3. The van der Waals surface area contributed by atoms with Crippen LogP contribution in [-0.4, -0.2) is 10.1 Å². The summed E-state index contributed by atoms with van der Waals surface area (Å²) in [5, 5.41) is 10.0. The highest BCUT2D eigenvalue weighted by Crippen LogP contribution is 2.37. The van der Waals surface area contributed by atoms with Crippen molar-refractivity contribution in [2.45, 2.75) is 12.3 Å².